The van der Waals surface area contributed by atoms with Crippen molar-refractivity contribution in [3.05, 3.63) is 28.8 Å². The van der Waals surface area contributed by atoms with Crippen LogP contribution >= 0.6 is 11.6 Å². The molecule has 0 heterocycles. The van der Waals surface area contributed by atoms with Crippen molar-refractivity contribution in [2.24, 2.45) is 0 Å². The molecule has 1 N–H and O–H groups in total. The molecule has 0 aliphatic carbocycles. The lowest BCUT2D eigenvalue weighted by Gasteiger charge is -2.11. The molecule has 0 spiro atoms. The van der Waals surface area contributed by atoms with E-state index < -0.39 is 6.10 Å². The lowest BCUT2D eigenvalue weighted by atomic mass is 10.2. The van der Waals surface area contributed by atoms with Gasteiger partial charge in [-0.3, -0.25) is 4.79 Å². The van der Waals surface area contributed by atoms with E-state index in [2.05, 4.69) is 0 Å². The number of ether oxygens (including phenoxy) is 1. The maximum atomic E-state index is 10.7. The van der Waals surface area contributed by atoms with Crippen molar-refractivity contribution in [3.8, 4) is 5.75 Å². The Bertz CT molecular complexity index is 339. The fraction of sp³-hybridized carbons (Fsp3) is 0.364. The van der Waals surface area contributed by atoms with E-state index in [0.29, 0.717) is 29.0 Å². The molecule has 1 aromatic carbocycles. The Kier molecular flexibility index (Phi) is 4.59. The fourth-order valence-corrected chi connectivity index (χ4v) is 1.23. The molecule has 1 rings (SSSR count). The molecule has 15 heavy (non-hydrogen) atoms. The first kappa shape index (κ1) is 12.0. The van der Waals surface area contributed by atoms with Crippen molar-refractivity contribution < 1.29 is 14.6 Å². The fourth-order valence-electron chi connectivity index (χ4n) is 1.05. The third-order valence-corrected chi connectivity index (χ3v) is 2.24. The van der Waals surface area contributed by atoms with Gasteiger partial charge in [0.2, 0.25) is 0 Å². The number of benzene rings is 1. The summed E-state index contributed by atoms with van der Waals surface area (Å²) in [5.74, 6) is 0.446. The smallest absolute Gasteiger partial charge is 0.153 e. The summed E-state index contributed by atoms with van der Waals surface area (Å²) >= 11 is 5.72. The van der Waals surface area contributed by atoms with Crippen LogP contribution in [0.5, 0.6) is 5.75 Å². The highest BCUT2D eigenvalue weighted by Gasteiger charge is 2.06. The van der Waals surface area contributed by atoms with Crippen LogP contribution in [0, 0.1) is 0 Å². The maximum Gasteiger partial charge on any atom is 0.153 e. The predicted octanol–water partition coefficient (Wildman–Crippen LogP) is 2.30. The molecule has 0 aliphatic heterocycles. The van der Waals surface area contributed by atoms with Gasteiger partial charge in [0.1, 0.15) is 12.4 Å². The Balaban J connectivity index is 2.72. The van der Waals surface area contributed by atoms with Gasteiger partial charge in [0.25, 0.3) is 0 Å². The quantitative estimate of drug-likeness (QED) is 0.787. The average molecular weight is 229 g/mol. The number of carbonyl (C=O) groups is 1. The molecule has 0 aromatic heterocycles. The van der Waals surface area contributed by atoms with Crippen molar-refractivity contribution in [3.63, 3.8) is 0 Å². The van der Waals surface area contributed by atoms with Crippen LogP contribution in [0.25, 0.3) is 0 Å². The van der Waals surface area contributed by atoms with Gasteiger partial charge in [0.15, 0.2) is 6.29 Å². The Morgan fingerprint density at radius 1 is 1.60 bits per heavy atom. The van der Waals surface area contributed by atoms with Crippen LogP contribution in [0.4, 0.5) is 0 Å². The Hall–Kier alpha value is -1.06. The molecule has 1 unspecified atom stereocenters. The number of aliphatic hydroxyl groups excluding tert-OH is 1. The van der Waals surface area contributed by atoms with E-state index in [1.54, 1.807) is 12.1 Å². The Labute approximate surface area is 93.6 Å². The first-order chi connectivity index (χ1) is 7.17. The lowest BCUT2D eigenvalue weighted by Crippen LogP contribution is -2.16. The molecule has 1 aromatic rings. The largest absolute Gasteiger partial charge is 0.490 e. The molecular weight excluding hydrogens is 216 g/mol. The summed E-state index contributed by atoms with van der Waals surface area (Å²) in [6.45, 7) is 2.04. The minimum atomic E-state index is -0.514. The van der Waals surface area contributed by atoms with Crippen LogP contribution in [-0.4, -0.2) is 24.1 Å². The predicted molar refractivity (Wildman–Crippen MR) is 58.6 cm³/mol. The van der Waals surface area contributed by atoms with E-state index in [0.717, 1.165) is 0 Å². The van der Waals surface area contributed by atoms with Crippen molar-refractivity contribution in [1.29, 1.82) is 0 Å². The van der Waals surface area contributed by atoms with Crippen molar-refractivity contribution in [2.45, 2.75) is 19.4 Å². The van der Waals surface area contributed by atoms with Crippen LogP contribution in [0.1, 0.15) is 23.7 Å². The van der Waals surface area contributed by atoms with E-state index in [1.165, 1.54) is 6.07 Å². The molecule has 0 amide bonds. The van der Waals surface area contributed by atoms with Gasteiger partial charge >= 0.3 is 0 Å². The Morgan fingerprint density at radius 3 is 2.93 bits per heavy atom. The summed E-state index contributed by atoms with van der Waals surface area (Å²) in [6.07, 6.45) is 0.781. The molecule has 82 valence electrons. The molecule has 0 fully saturated rings. The molecule has 0 bridgehead atoms. The standard InChI is InChI=1S/C11H13ClO3/c1-2-10(14)7-15-11-4-3-9(12)5-8(11)6-13/h3-6,10,14H,2,7H2,1H3. The number of halogens is 1. The molecule has 0 aliphatic rings. The summed E-state index contributed by atoms with van der Waals surface area (Å²) in [6, 6.07) is 4.79. The molecule has 1 atom stereocenters. The van der Waals surface area contributed by atoms with Crippen LogP contribution in [-0.2, 0) is 0 Å². The van der Waals surface area contributed by atoms with Gasteiger partial charge < -0.3 is 9.84 Å². The highest BCUT2D eigenvalue weighted by atomic mass is 35.5. The van der Waals surface area contributed by atoms with Gasteiger partial charge in [-0.25, -0.2) is 0 Å². The normalized spacial score (nSPS) is 12.2. The molecule has 0 saturated heterocycles. The third kappa shape index (κ3) is 3.53. The highest BCUT2D eigenvalue weighted by molar-refractivity contribution is 6.30. The zero-order valence-corrected chi connectivity index (χ0v) is 9.20. The summed E-state index contributed by atoms with van der Waals surface area (Å²) in [7, 11) is 0. The average Bonchev–Trinajstić information content (AvgIpc) is 2.26. The van der Waals surface area contributed by atoms with Gasteiger partial charge in [0, 0.05) is 5.02 Å². The highest BCUT2D eigenvalue weighted by Crippen LogP contribution is 2.21. The molecule has 3 nitrogen and oxygen atoms in total. The first-order valence-corrected chi connectivity index (χ1v) is 5.10. The van der Waals surface area contributed by atoms with Gasteiger partial charge in [-0.2, -0.15) is 0 Å². The maximum absolute atomic E-state index is 10.7. The summed E-state index contributed by atoms with van der Waals surface area (Å²) in [4.78, 5) is 10.7. The molecule has 4 heteroatoms. The van der Waals surface area contributed by atoms with Crippen LogP contribution in [0.2, 0.25) is 5.02 Å². The van der Waals surface area contributed by atoms with Crippen molar-refractivity contribution >= 4 is 17.9 Å². The van der Waals surface area contributed by atoms with E-state index in [-0.39, 0.29) is 6.61 Å². The second-order valence-corrected chi connectivity index (χ2v) is 3.61. The second kappa shape index (κ2) is 5.73. The number of hydrogen-bond donors (Lipinski definition) is 1. The monoisotopic (exact) mass is 228 g/mol. The SMILES string of the molecule is CCC(O)COc1ccc(Cl)cc1C=O. The minimum Gasteiger partial charge on any atom is -0.490 e. The zero-order valence-electron chi connectivity index (χ0n) is 8.44. The topological polar surface area (TPSA) is 46.5 Å². The number of hydrogen-bond acceptors (Lipinski definition) is 3. The van der Waals surface area contributed by atoms with Gasteiger partial charge in [-0.1, -0.05) is 18.5 Å². The van der Waals surface area contributed by atoms with Crippen LogP contribution < -0.4 is 4.74 Å². The molecular formula is C11H13ClO3. The summed E-state index contributed by atoms with van der Waals surface area (Å²) < 4.78 is 5.30. The van der Waals surface area contributed by atoms with E-state index >= 15 is 0 Å². The van der Waals surface area contributed by atoms with E-state index in [1.807, 2.05) is 6.92 Å². The number of rotatable bonds is 5. The van der Waals surface area contributed by atoms with Crippen LogP contribution in [0.3, 0.4) is 0 Å². The van der Waals surface area contributed by atoms with Gasteiger partial charge in [0.05, 0.1) is 11.7 Å². The number of aldehydes is 1. The number of carbonyl (C=O) groups excluding carboxylic acids is 1. The molecule has 0 saturated carbocycles. The van der Waals surface area contributed by atoms with Crippen molar-refractivity contribution in [2.75, 3.05) is 6.61 Å². The van der Waals surface area contributed by atoms with Gasteiger partial charge in [-0.15, -0.1) is 0 Å². The second-order valence-electron chi connectivity index (χ2n) is 3.17. The number of aliphatic hydroxyl groups is 1. The third-order valence-electron chi connectivity index (χ3n) is 2.00. The summed E-state index contributed by atoms with van der Waals surface area (Å²) in [5, 5.41) is 9.78. The van der Waals surface area contributed by atoms with Crippen molar-refractivity contribution in [1.82, 2.24) is 0 Å². The summed E-state index contributed by atoms with van der Waals surface area (Å²) in [5.41, 5.74) is 0.394. The van der Waals surface area contributed by atoms with E-state index in [4.69, 9.17) is 16.3 Å². The zero-order chi connectivity index (χ0) is 11.3. The van der Waals surface area contributed by atoms with Crippen LogP contribution in [0.15, 0.2) is 18.2 Å². The van der Waals surface area contributed by atoms with E-state index in [9.17, 15) is 9.90 Å². The lowest BCUT2D eigenvalue weighted by molar-refractivity contribution is 0.101. The Morgan fingerprint density at radius 2 is 2.33 bits per heavy atom. The molecule has 0 radical (unpaired) electrons. The first-order valence-electron chi connectivity index (χ1n) is 4.73. The van der Waals surface area contributed by atoms with Gasteiger partial charge in [-0.05, 0) is 24.6 Å². The minimum absolute atomic E-state index is 0.180.